The molecule has 0 aliphatic rings. The van der Waals surface area contributed by atoms with E-state index in [1.165, 1.54) is 0 Å². The molecule has 0 radical (unpaired) electrons. The van der Waals surface area contributed by atoms with Gasteiger partial charge in [0.25, 0.3) is 0 Å². The Labute approximate surface area is 102 Å². The maximum Gasteiger partial charge on any atom is 0.220 e. The third-order valence-corrected chi connectivity index (χ3v) is 2.33. The van der Waals surface area contributed by atoms with Gasteiger partial charge in [-0.2, -0.15) is 0 Å². The lowest BCUT2D eigenvalue weighted by atomic mass is 10.2. The average molecular weight is 249 g/mol. The van der Waals surface area contributed by atoms with Crippen LogP contribution in [-0.2, 0) is 9.59 Å². The van der Waals surface area contributed by atoms with E-state index in [1.54, 1.807) is 0 Å². The number of carbonyl (C=O) groups is 2. The molecule has 0 aromatic carbocycles. The Morgan fingerprint density at radius 1 is 1.00 bits per heavy atom. The van der Waals surface area contributed by atoms with Crippen LogP contribution in [0.15, 0.2) is 0 Å². The summed E-state index contributed by atoms with van der Waals surface area (Å²) < 4.78 is 0. The van der Waals surface area contributed by atoms with Gasteiger partial charge in [0.05, 0.1) is 0 Å². The number of unbranched alkanes of at least 4 members (excludes halogenated alkanes) is 1. The van der Waals surface area contributed by atoms with Crippen LogP contribution in [-0.4, -0.2) is 30.8 Å². The number of rotatable bonds is 9. The molecular formula is C11H21ClN2O2. The summed E-state index contributed by atoms with van der Waals surface area (Å²) in [7, 11) is 0. The number of nitrogens with one attached hydrogen (secondary N) is 2. The molecule has 16 heavy (non-hydrogen) atoms. The number of amides is 2. The molecule has 0 rings (SSSR count). The number of halogens is 1. The normalized spacial score (nSPS) is 9.88. The SMILES string of the molecule is CCCCC(=O)NCCNC(=O)CCCCl. The molecule has 4 nitrogen and oxygen atoms in total. The summed E-state index contributed by atoms with van der Waals surface area (Å²) in [5.74, 6) is 0.543. The van der Waals surface area contributed by atoms with Gasteiger partial charge in [-0.15, -0.1) is 11.6 Å². The van der Waals surface area contributed by atoms with Gasteiger partial charge in [-0.25, -0.2) is 0 Å². The van der Waals surface area contributed by atoms with Gasteiger partial charge in [0.2, 0.25) is 11.8 Å². The lowest BCUT2D eigenvalue weighted by Crippen LogP contribution is -2.34. The highest BCUT2D eigenvalue weighted by molar-refractivity contribution is 6.17. The topological polar surface area (TPSA) is 58.2 Å². The molecule has 0 saturated heterocycles. The first-order chi connectivity index (χ1) is 7.70. The summed E-state index contributed by atoms with van der Waals surface area (Å²) in [6, 6.07) is 0. The summed E-state index contributed by atoms with van der Waals surface area (Å²) in [4.78, 5) is 22.3. The van der Waals surface area contributed by atoms with Crippen molar-refractivity contribution in [3.05, 3.63) is 0 Å². The highest BCUT2D eigenvalue weighted by Gasteiger charge is 2.01. The zero-order chi connectivity index (χ0) is 12.2. The second-order valence-corrected chi connectivity index (χ2v) is 3.97. The van der Waals surface area contributed by atoms with Gasteiger partial charge in [0, 0.05) is 31.8 Å². The minimum atomic E-state index is -0.0107. The first-order valence-corrected chi connectivity index (χ1v) is 6.33. The van der Waals surface area contributed by atoms with Gasteiger partial charge >= 0.3 is 0 Å². The van der Waals surface area contributed by atoms with E-state index in [4.69, 9.17) is 11.6 Å². The van der Waals surface area contributed by atoms with E-state index in [-0.39, 0.29) is 11.8 Å². The maximum absolute atomic E-state index is 11.2. The Kier molecular flexibility index (Phi) is 10.2. The minimum absolute atomic E-state index is 0.0107. The van der Waals surface area contributed by atoms with E-state index in [1.807, 2.05) is 6.92 Å². The highest BCUT2D eigenvalue weighted by atomic mass is 35.5. The second kappa shape index (κ2) is 10.7. The standard InChI is InChI=1S/C11H21ClN2O2/c1-2-3-5-10(15)13-8-9-14-11(16)6-4-7-12/h2-9H2,1H3,(H,13,15)(H,14,16). The van der Waals surface area contributed by atoms with E-state index in [2.05, 4.69) is 10.6 Å². The lowest BCUT2D eigenvalue weighted by Gasteiger charge is -2.06. The summed E-state index contributed by atoms with van der Waals surface area (Å²) in [6.07, 6.45) is 3.64. The van der Waals surface area contributed by atoms with Crippen molar-refractivity contribution < 1.29 is 9.59 Å². The summed E-state index contributed by atoms with van der Waals surface area (Å²) >= 11 is 5.46. The van der Waals surface area contributed by atoms with Gasteiger partial charge in [0.1, 0.15) is 0 Å². The Balaban J connectivity index is 3.31. The minimum Gasteiger partial charge on any atom is -0.354 e. The molecule has 0 saturated carbocycles. The van der Waals surface area contributed by atoms with Crippen molar-refractivity contribution in [2.45, 2.75) is 39.0 Å². The van der Waals surface area contributed by atoms with Crippen LogP contribution in [0.1, 0.15) is 39.0 Å². The largest absolute Gasteiger partial charge is 0.354 e. The number of hydrogen-bond acceptors (Lipinski definition) is 2. The van der Waals surface area contributed by atoms with E-state index in [0.717, 1.165) is 12.8 Å². The fourth-order valence-corrected chi connectivity index (χ4v) is 1.28. The van der Waals surface area contributed by atoms with Crippen LogP contribution in [0, 0.1) is 0 Å². The lowest BCUT2D eigenvalue weighted by molar-refractivity contribution is -0.123. The third kappa shape index (κ3) is 9.77. The quantitative estimate of drug-likeness (QED) is 0.479. The van der Waals surface area contributed by atoms with Crippen LogP contribution >= 0.6 is 11.6 Å². The first kappa shape index (κ1) is 15.2. The average Bonchev–Trinajstić information content (AvgIpc) is 2.29. The molecule has 0 spiro atoms. The highest BCUT2D eigenvalue weighted by Crippen LogP contribution is 1.92. The molecule has 0 aliphatic carbocycles. The van der Waals surface area contributed by atoms with Gasteiger partial charge in [-0.3, -0.25) is 9.59 Å². The Morgan fingerprint density at radius 2 is 1.50 bits per heavy atom. The van der Waals surface area contributed by atoms with E-state index < -0.39 is 0 Å². The predicted molar refractivity (Wildman–Crippen MR) is 65.5 cm³/mol. The fourth-order valence-electron chi connectivity index (χ4n) is 1.15. The van der Waals surface area contributed by atoms with Crippen molar-refractivity contribution in [3.8, 4) is 0 Å². The van der Waals surface area contributed by atoms with Crippen molar-refractivity contribution in [2.75, 3.05) is 19.0 Å². The molecule has 0 bridgehead atoms. The summed E-state index contributed by atoms with van der Waals surface area (Å²) in [6.45, 7) is 3.03. The Hall–Kier alpha value is -0.770. The van der Waals surface area contributed by atoms with Gasteiger partial charge < -0.3 is 10.6 Å². The van der Waals surface area contributed by atoms with Crippen LogP contribution in [0.25, 0.3) is 0 Å². The maximum atomic E-state index is 11.2. The van der Waals surface area contributed by atoms with Crippen LogP contribution in [0.3, 0.4) is 0 Å². The van der Waals surface area contributed by atoms with Crippen LogP contribution in [0.5, 0.6) is 0 Å². The molecule has 0 fully saturated rings. The molecule has 0 aromatic heterocycles. The smallest absolute Gasteiger partial charge is 0.220 e. The van der Waals surface area contributed by atoms with Crippen LogP contribution in [0.2, 0.25) is 0 Å². The molecule has 2 amide bonds. The number of hydrogen-bond donors (Lipinski definition) is 2. The first-order valence-electron chi connectivity index (χ1n) is 5.80. The van der Waals surface area contributed by atoms with Crippen molar-refractivity contribution >= 4 is 23.4 Å². The van der Waals surface area contributed by atoms with E-state index in [0.29, 0.717) is 38.2 Å². The van der Waals surface area contributed by atoms with E-state index >= 15 is 0 Å². The predicted octanol–water partition coefficient (Wildman–Crippen LogP) is 1.43. The molecule has 2 N–H and O–H groups in total. The molecule has 0 unspecified atom stereocenters. The zero-order valence-corrected chi connectivity index (χ0v) is 10.6. The third-order valence-electron chi connectivity index (χ3n) is 2.06. The van der Waals surface area contributed by atoms with Gasteiger partial charge in [-0.05, 0) is 12.8 Å². The molecule has 94 valence electrons. The summed E-state index contributed by atoms with van der Waals surface area (Å²) in [5, 5.41) is 5.47. The van der Waals surface area contributed by atoms with Crippen molar-refractivity contribution in [1.29, 1.82) is 0 Å². The molecule has 0 aliphatic heterocycles. The second-order valence-electron chi connectivity index (χ2n) is 3.60. The number of alkyl halides is 1. The molecular weight excluding hydrogens is 228 g/mol. The summed E-state index contributed by atoms with van der Waals surface area (Å²) in [5.41, 5.74) is 0. The van der Waals surface area contributed by atoms with E-state index in [9.17, 15) is 9.59 Å². The van der Waals surface area contributed by atoms with Crippen molar-refractivity contribution in [3.63, 3.8) is 0 Å². The number of carbonyl (C=O) groups excluding carboxylic acids is 2. The van der Waals surface area contributed by atoms with Crippen LogP contribution < -0.4 is 10.6 Å². The molecule has 0 atom stereocenters. The monoisotopic (exact) mass is 248 g/mol. The van der Waals surface area contributed by atoms with Crippen LogP contribution in [0.4, 0.5) is 0 Å². The molecule has 5 heteroatoms. The van der Waals surface area contributed by atoms with Crippen molar-refractivity contribution in [1.82, 2.24) is 10.6 Å². The zero-order valence-electron chi connectivity index (χ0n) is 9.85. The molecule has 0 heterocycles. The van der Waals surface area contributed by atoms with Gasteiger partial charge in [-0.1, -0.05) is 13.3 Å². The molecule has 0 aromatic rings. The van der Waals surface area contributed by atoms with Gasteiger partial charge in [0.15, 0.2) is 0 Å². The Morgan fingerprint density at radius 3 is 1.94 bits per heavy atom. The Bertz CT molecular complexity index is 188. The fraction of sp³-hybridized carbons (Fsp3) is 0.818. The van der Waals surface area contributed by atoms with Crippen molar-refractivity contribution in [2.24, 2.45) is 0 Å².